The first-order chi connectivity index (χ1) is 19.0. The van der Waals surface area contributed by atoms with Gasteiger partial charge in [0.1, 0.15) is 23.1 Å². The molecule has 3 heterocycles. The zero-order valence-electron chi connectivity index (χ0n) is 22.1. The van der Waals surface area contributed by atoms with Crippen LogP contribution in [-0.4, -0.2) is 44.5 Å². The van der Waals surface area contributed by atoms with Gasteiger partial charge in [-0.15, -0.1) is 0 Å². The Kier molecular flexibility index (Phi) is 7.37. The van der Waals surface area contributed by atoms with E-state index in [2.05, 4.69) is 39.3 Å². The molecule has 12 heteroatoms. The number of carbonyl (C=O) groups is 1. The number of pyridine rings is 1. The van der Waals surface area contributed by atoms with Crippen LogP contribution in [0.25, 0.3) is 11.0 Å². The van der Waals surface area contributed by atoms with Crippen LogP contribution in [-0.2, 0) is 18.0 Å². The van der Waals surface area contributed by atoms with E-state index in [1.54, 1.807) is 41.9 Å². The summed E-state index contributed by atoms with van der Waals surface area (Å²) in [5.74, 6) is 0.387. The molecule has 210 valence electrons. The van der Waals surface area contributed by atoms with Crippen LogP contribution in [0.4, 0.5) is 35.0 Å². The van der Waals surface area contributed by atoms with Crippen molar-refractivity contribution >= 4 is 34.4 Å². The molecular formula is C28H28F4N6O2. The van der Waals surface area contributed by atoms with Crippen LogP contribution in [0.5, 0.6) is 11.5 Å². The molecule has 40 heavy (non-hydrogen) atoms. The Hall–Kier alpha value is -4.19. The molecule has 1 aliphatic heterocycles. The van der Waals surface area contributed by atoms with Crippen LogP contribution in [0, 0.1) is 11.7 Å². The maximum absolute atomic E-state index is 14.3. The predicted molar refractivity (Wildman–Crippen MR) is 143 cm³/mol. The van der Waals surface area contributed by atoms with Gasteiger partial charge in [-0.3, -0.25) is 4.79 Å². The van der Waals surface area contributed by atoms with E-state index in [0.717, 1.165) is 19.0 Å². The van der Waals surface area contributed by atoms with Crippen LogP contribution < -0.4 is 15.4 Å². The van der Waals surface area contributed by atoms with Gasteiger partial charge in [-0.2, -0.15) is 13.2 Å². The summed E-state index contributed by atoms with van der Waals surface area (Å²) in [7, 11) is 1.66. The highest BCUT2D eigenvalue weighted by atomic mass is 19.4. The number of ether oxygens (including phenoxy) is 1. The molecule has 4 aromatic rings. The number of anilines is 3. The van der Waals surface area contributed by atoms with Gasteiger partial charge in [0.25, 0.3) is 0 Å². The van der Waals surface area contributed by atoms with Gasteiger partial charge in [-0.05, 0) is 63.2 Å². The zero-order chi connectivity index (χ0) is 28.6. The van der Waals surface area contributed by atoms with E-state index in [1.807, 2.05) is 0 Å². The lowest BCUT2D eigenvalue weighted by molar-refractivity contribution is -0.137. The van der Waals surface area contributed by atoms with Crippen LogP contribution >= 0.6 is 0 Å². The van der Waals surface area contributed by atoms with Gasteiger partial charge >= 0.3 is 6.18 Å². The van der Waals surface area contributed by atoms with Gasteiger partial charge in [0.2, 0.25) is 11.9 Å². The minimum atomic E-state index is -4.61. The Labute approximate surface area is 228 Å². The van der Waals surface area contributed by atoms with Crippen molar-refractivity contribution in [3.8, 4) is 11.5 Å². The number of hydrogen-bond donors (Lipinski definition) is 2. The molecule has 0 saturated carbocycles. The Morgan fingerprint density at radius 1 is 1.10 bits per heavy atom. The molecule has 5 rings (SSSR count). The molecule has 1 aliphatic rings. The first-order valence-electron chi connectivity index (χ1n) is 12.8. The summed E-state index contributed by atoms with van der Waals surface area (Å²) < 4.78 is 61.1. The van der Waals surface area contributed by atoms with Crippen molar-refractivity contribution in [1.29, 1.82) is 0 Å². The summed E-state index contributed by atoms with van der Waals surface area (Å²) in [5, 5.41) is 5.52. The molecule has 1 fully saturated rings. The quantitative estimate of drug-likeness (QED) is 0.259. The van der Waals surface area contributed by atoms with Gasteiger partial charge in [0, 0.05) is 38.0 Å². The van der Waals surface area contributed by atoms with Crippen molar-refractivity contribution in [2.24, 2.45) is 13.0 Å². The fourth-order valence-corrected chi connectivity index (χ4v) is 4.65. The first kappa shape index (κ1) is 27.4. The van der Waals surface area contributed by atoms with Crippen molar-refractivity contribution in [2.45, 2.75) is 32.5 Å². The molecule has 0 spiro atoms. The third-order valence-corrected chi connectivity index (χ3v) is 6.93. The zero-order valence-corrected chi connectivity index (χ0v) is 22.1. The van der Waals surface area contributed by atoms with E-state index in [-0.39, 0.29) is 23.5 Å². The third-order valence-electron chi connectivity index (χ3n) is 6.93. The number of benzene rings is 2. The lowest BCUT2D eigenvalue weighted by atomic mass is 10.1. The molecule has 0 unspecified atom stereocenters. The fourth-order valence-electron chi connectivity index (χ4n) is 4.65. The van der Waals surface area contributed by atoms with Gasteiger partial charge in [0.05, 0.1) is 28.2 Å². The maximum atomic E-state index is 14.3. The standard InChI is InChI=1S/C28H28F4N6O2/c1-16(2)38-11-9-17(15-38)26(39)36-25-14-20(8-10-33-25)40-19-5-7-24-23(13-19)35-27(37(24)3)34-22-12-18(28(30,31)32)4-6-21(22)29/h4-8,10,12-14,16-17H,9,11,15H2,1-3H3,(H,34,35)(H,33,36,39)/t17-/m1/s1. The van der Waals surface area contributed by atoms with E-state index in [0.29, 0.717) is 53.1 Å². The molecular weight excluding hydrogens is 528 g/mol. The van der Waals surface area contributed by atoms with Crippen LogP contribution in [0.3, 0.4) is 0 Å². The number of halogens is 4. The number of imidazole rings is 1. The SMILES string of the molecule is CC(C)N1CC[C@@H](C(=O)Nc2cc(Oc3ccc4c(c3)nc(Nc3cc(C(F)(F)F)ccc3F)n4C)ccn2)C1. The van der Waals surface area contributed by atoms with E-state index in [9.17, 15) is 22.4 Å². The number of hydrogen-bond acceptors (Lipinski definition) is 6. The number of fused-ring (bicyclic) bond motifs is 1. The highest BCUT2D eigenvalue weighted by Crippen LogP contribution is 2.34. The summed E-state index contributed by atoms with van der Waals surface area (Å²) in [6.45, 7) is 5.81. The largest absolute Gasteiger partial charge is 0.457 e. The normalized spacial score (nSPS) is 16.1. The van der Waals surface area contributed by atoms with Gasteiger partial charge in [-0.1, -0.05) is 0 Å². The summed E-state index contributed by atoms with van der Waals surface area (Å²) >= 11 is 0. The molecule has 2 aromatic heterocycles. The Morgan fingerprint density at radius 2 is 1.88 bits per heavy atom. The lowest BCUT2D eigenvalue weighted by Gasteiger charge is -2.19. The summed E-state index contributed by atoms with van der Waals surface area (Å²) in [5.41, 5.74) is -0.185. The number of nitrogens with zero attached hydrogens (tertiary/aromatic N) is 4. The molecule has 0 bridgehead atoms. The van der Waals surface area contributed by atoms with Crippen molar-refractivity contribution < 1.29 is 27.1 Å². The second kappa shape index (κ2) is 10.8. The third kappa shape index (κ3) is 5.86. The number of likely N-dealkylation sites (tertiary alicyclic amines) is 1. The average Bonchev–Trinajstić information content (AvgIpc) is 3.51. The summed E-state index contributed by atoms with van der Waals surface area (Å²) in [6, 6.07) is 10.9. The number of nitrogens with one attached hydrogen (secondary N) is 2. The first-order valence-corrected chi connectivity index (χ1v) is 12.8. The smallest absolute Gasteiger partial charge is 0.416 e. The predicted octanol–water partition coefficient (Wildman–Crippen LogP) is 6.33. The molecule has 0 radical (unpaired) electrons. The average molecular weight is 557 g/mol. The summed E-state index contributed by atoms with van der Waals surface area (Å²) in [6.07, 6.45) is -2.28. The van der Waals surface area contributed by atoms with Crippen molar-refractivity contribution in [3.05, 3.63) is 66.1 Å². The minimum absolute atomic E-state index is 0.0834. The van der Waals surface area contributed by atoms with Crippen molar-refractivity contribution in [2.75, 3.05) is 23.7 Å². The number of rotatable bonds is 7. The lowest BCUT2D eigenvalue weighted by Crippen LogP contribution is -2.31. The second-order valence-corrected chi connectivity index (χ2v) is 10.0. The van der Waals surface area contributed by atoms with Gasteiger partial charge in [-0.25, -0.2) is 14.4 Å². The minimum Gasteiger partial charge on any atom is -0.457 e. The van der Waals surface area contributed by atoms with Gasteiger partial charge in [0.15, 0.2) is 0 Å². The molecule has 1 atom stereocenters. The van der Waals surface area contributed by atoms with E-state index in [1.165, 1.54) is 6.20 Å². The Balaban J connectivity index is 1.30. The number of alkyl halides is 3. The van der Waals surface area contributed by atoms with Crippen LogP contribution in [0.15, 0.2) is 54.7 Å². The van der Waals surface area contributed by atoms with E-state index < -0.39 is 17.6 Å². The molecule has 8 nitrogen and oxygen atoms in total. The highest BCUT2D eigenvalue weighted by Gasteiger charge is 2.31. The Morgan fingerprint density at radius 3 is 2.60 bits per heavy atom. The van der Waals surface area contributed by atoms with E-state index >= 15 is 0 Å². The number of carbonyl (C=O) groups excluding carboxylic acids is 1. The Bertz CT molecular complexity index is 1550. The molecule has 2 aromatic carbocycles. The van der Waals surface area contributed by atoms with Gasteiger partial charge < -0.3 is 24.8 Å². The topological polar surface area (TPSA) is 84.3 Å². The number of aromatic nitrogens is 3. The van der Waals surface area contributed by atoms with E-state index in [4.69, 9.17) is 4.74 Å². The van der Waals surface area contributed by atoms with Crippen LogP contribution in [0.1, 0.15) is 25.8 Å². The molecule has 1 saturated heterocycles. The van der Waals surface area contributed by atoms with Crippen molar-refractivity contribution in [3.63, 3.8) is 0 Å². The molecule has 1 amide bonds. The summed E-state index contributed by atoms with van der Waals surface area (Å²) in [4.78, 5) is 23.6. The van der Waals surface area contributed by atoms with Crippen LogP contribution in [0.2, 0.25) is 0 Å². The number of aryl methyl sites for hydroxylation is 1. The monoisotopic (exact) mass is 556 g/mol. The fraction of sp³-hybridized carbons (Fsp3) is 0.321. The van der Waals surface area contributed by atoms with Crippen molar-refractivity contribution in [1.82, 2.24) is 19.4 Å². The second-order valence-electron chi connectivity index (χ2n) is 10.0. The highest BCUT2D eigenvalue weighted by molar-refractivity contribution is 5.92. The molecule has 2 N–H and O–H groups in total. The molecule has 0 aliphatic carbocycles. The number of amides is 1. The maximum Gasteiger partial charge on any atom is 0.416 e.